The van der Waals surface area contributed by atoms with Crippen molar-refractivity contribution in [2.24, 2.45) is 0 Å². The maximum absolute atomic E-state index is 12.4. The van der Waals surface area contributed by atoms with Crippen molar-refractivity contribution in [3.8, 4) is 11.5 Å². The van der Waals surface area contributed by atoms with Gasteiger partial charge in [-0.2, -0.15) is 11.8 Å². The van der Waals surface area contributed by atoms with E-state index in [4.69, 9.17) is 9.47 Å². The second-order valence-corrected chi connectivity index (χ2v) is 6.05. The van der Waals surface area contributed by atoms with Crippen LogP contribution in [0.5, 0.6) is 11.5 Å². The summed E-state index contributed by atoms with van der Waals surface area (Å²) in [7, 11) is 1.52. The summed E-state index contributed by atoms with van der Waals surface area (Å²) in [6.45, 7) is 2.28. The predicted octanol–water partition coefficient (Wildman–Crippen LogP) is 1.78. The second kappa shape index (κ2) is 6.91. The Morgan fingerprint density at radius 1 is 1.41 bits per heavy atom. The van der Waals surface area contributed by atoms with Crippen LogP contribution in [0.4, 0.5) is 0 Å². The topological polar surface area (TPSA) is 84.9 Å². The van der Waals surface area contributed by atoms with Crippen molar-refractivity contribution in [2.45, 2.75) is 18.9 Å². The molecular formula is C15H19NO5S. The minimum Gasteiger partial charge on any atom is -0.493 e. The van der Waals surface area contributed by atoms with E-state index in [1.54, 1.807) is 18.2 Å². The molecule has 22 heavy (non-hydrogen) atoms. The van der Waals surface area contributed by atoms with Gasteiger partial charge < -0.3 is 19.9 Å². The van der Waals surface area contributed by atoms with Crippen molar-refractivity contribution < 1.29 is 24.2 Å². The average Bonchev–Trinajstić information content (AvgIpc) is 2.97. The quantitative estimate of drug-likeness (QED) is 0.829. The molecule has 1 heterocycles. The van der Waals surface area contributed by atoms with Crippen molar-refractivity contribution in [3.05, 3.63) is 23.8 Å². The number of carbonyl (C=O) groups is 2. The van der Waals surface area contributed by atoms with Crippen LogP contribution in [-0.2, 0) is 4.79 Å². The Labute approximate surface area is 133 Å². The number of carboxylic acid groups (broad SMARTS) is 1. The average molecular weight is 325 g/mol. The van der Waals surface area contributed by atoms with E-state index in [1.165, 1.54) is 18.9 Å². The molecule has 0 spiro atoms. The zero-order valence-corrected chi connectivity index (χ0v) is 13.4. The van der Waals surface area contributed by atoms with E-state index in [0.717, 1.165) is 5.75 Å². The summed E-state index contributed by atoms with van der Waals surface area (Å²) in [6.07, 6.45) is 0.424. The largest absolute Gasteiger partial charge is 0.493 e. The zero-order valence-electron chi connectivity index (χ0n) is 12.5. The fourth-order valence-electron chi connectivity index (χ4n) is 2.26. The summed E-state index contributed by atoms with van der Waals surface area (Å²) >= 11 is 1.52. The Kier molecular flexibility index (Phi) is 5.18. The number of ether oxygens (including phenoxy) is 2. The number of hydrogen-bond donors (Lipinski definition) is 2. The molecule has 0 radical (unpaired) electrons. The van der Waals surface area contributed by atoms with E-state index >= 15 is 0 Å². The van der Waals surface area contributed by atoms with Crippen molar-refractivity contribution in [3.63, 3.8) is 0 Å². The minimum absolute atomic E-state index is 0.349. The molecule has 7 heteroatoms. The Morgan fingerprint density at radius 3 is 2.73 bits per heavy atom. The summed E-state index contributed by atoms with van der Waals surface area (Å²) in [5, 5.41) is 12.1. The summed E-state index contributed by atoms with van der Waals surface area (Å²) in [5.41, 5.74) is -0.838. The van der Waals surface area contributed by atoms with Gasteiger partial charge in [0.25, 0.3) is 5.91 Å². The lowest BCUT2D eigenvalue weighted by molar-refractivity contribution is -0.143. The smallest absolute Gasteiger partial charge is 0.330 e. The van der Waals surface area contributed by atoms with Crippen molar-refractivity contribution in [2.75, 3.05) is 25.2 Å². The van der Waals surface area contributed by atoms with Gasteiger partial charge >= 0.3 is 5.97 Å². The molecule has 1 aromatic carbocycles. The second-order valence-electron chi connectivity index (χ2n) is 4.94. The molecular weight excluding hydrogens is 306 g/mol. The molecule has 0 bridgehead atoms. The van der Waals surface area contributed by atoms with Crippen molar-refractivity contribution in [1.82, 2.24) is 5.32 Å². The minimum atomic E-state index is -1.19. The van der Waals surface area contributed by atoms with E-state index in [9.17, 15) is 14.7 Å². The van der Waals surface area contributed by atoms with Crippen LogP contribution >= 0.6 is 11.8 Å². The molecule has 0 aromatic heterocycles. The summed E-state index contributed by atoms with van der Waals surface area (Å²) in [4.78, 5) is 23.9. The lowest BCUT2D eigenvalue weighted by Gasteiger charge is -2.24. The number of rotatable bonds is 6. The van der Waals surface area contributed by atoms with Crippen LogP contribution in [0, 0.1) is 0 Å². The summed E-state index contributed by atoms with van der Waals surface area (Å²) in [6, 6.07) is 4.79. The van der Waals surface area contributed by atoms with Crippen LogP contribution in [0.25, 0.3) is 0 Å². The maximum Gasteiger partial charge on any atom is 0.330 e. The van der Waals surface area contributed by atoms with E-state index in [1.807, 2.05) is 6.92 Å². The van der Waals surface area contributed by atoms with Gasteiger partial charge in [0, 0.05) is 11.3 Å². The van der Waals surface area contributed by atoms with Crippen molar-refractivity contribution in [1.29, 1.82) is 0 Å². The third-order valence-corrected chi connectivity index (χ3v) is 4.70. The number of carboxylic acids is 1. The molecule has 1 aliphatic rings. The fourth-order valence-corrected chi connectivity index (χ4v) is 3.59. The van der Waals surface area contributed by atoms with E-state index in [-0.39, 0.29) is 0 Å². The first kappa shape index (κ1) is 16.5. The molecule has 0 saturated carbocycles. The Hall–Kier alpha value is -1.89. The summed E-state index contributed by atoms with van der Waals surface area (Å²) < 4.78 is 10.6. The summed E-state index contributed by atoms with van der Waals surface area (Å²) in [5.74, 6) is 0.672. The monoisotopic (exact) mass is 325 g/mol. The molecule has 6 nitrogen and oxygen atoms in total. The first-order chi connectivity index (χ1) is 10.5. The fraction of sp³-hybridized carbons (Fsp3) is 0.467. The number of thioether (sulfide) groups is 1. The molecule has 0 aliphatic carbocycles. The van der Waals surface area contributed by atoms with E-state index in [0.29, 0.717) is 35.8 Å². The predicted molar refractivity (Wildman–Crippen MR) is 83.9 cm³/mol. The molecule has 1 aliphatic heterocycles. The zero-order chi connectivity index (χ0) is 16.2. The standard InChI is InChI=1S/C15H19NO5S/c1-3-21-12-8-10(4-5-11(12)20-2)13(17)16-15(14(18)19)6-7-22-9-15/h4-5,8H,3,6-7,9H2,1-2H3,(H,16,17)(H,18,19)/t15-/m0/s1. The molecule has 0 unspecified atom stereocenters. The highest BCUT2D eigenvalue weighted by molar-refractivity contribution is 7.99. The lowest BCUT2D eigenvalue weighted by Crippen LogP contribution is -2.54. The van der Waals surface area contributed by atoms with Gasteiger partial charge in [0.15, 0.2) is 11.5 Å². The van der Waals surface area contributed by atoms with Gasteiger partial charge in [-0.15, -0.1) is 0 Å². The van der Waals surface area contributed by atoms with Gasteiger partial charge in [0.2, 0.25) is 0 Å². The Morgan fingerprint density at radius 2 is 2.18 bits per heavy atom. The molecule has 1 amide bonds. The Balaban J connectivity index is 2.22. The van der Waals surface area contributed by atoms with E-state index < -0.39 is 17.4 Å². The normalized spacial score (nSPS) is 20.5. The number of aliphatic carboxylic acids is 1. The molecule has 120 valence electrons. The first-order valence-corrected chi connectivity index (χ1v) is 8.12. The van der Waals surface area contributed by atoms with Crippen LogP contribution in [0.3, 0.4) is 0 Å². The van der Waals surface area contributed by atoms with Gasteiger partial charge in [0.05, 0.1) is 13.7 Å². The van der Waals surface area contributed by atoms with Crippen LogP contribution in [0.15, 0.2) is 18.2 Å². The number of carbonyl (C=O) groups excluding carboxylic acids is 1. The number of methoxy groups -OCH3 is 1. The van der Waals surface area contributed by atoms with Gasteiger partial charge in [-0.25, -0.2) is 4.79 Å². The maximum atomic E-state index is 12.4. The molecule has 2 rings (SSSR count). The molecule has 1 saturated heterocycles. The van der Waals surface area contributed by atoms with Crippen LogP contribution < -0.4 is 14.8 Å². The van der Waals surface area contributed by atoms with Gasteiger partial charge in [-0.3, -0.25) is 4.79 Å². The van der Waals surface area contributed by atoms with Crippen LogP contribution in [-0.4, -0.2) is 47.7 Å². The molecule has 2 N–H and O–H groups in total. The van der Waals surface area contributed by atoms with E-state index in [2.05, 4.69) is 5.32 Å². The highest BCUT2D eigenvalue weighted by Gasteiger charge is 2.43. The lowest BCUT2D eigenvalue weighted by atomic mass is 9.98. The highest BCUT2D eigenvalue weighted by Crippen LogP contribution is 2.30. The van der Waals surface area contributed by atoms with Crippen LogP contribution in [0.2, 0.25) is 0 Å². The Bertz CT molecular complexity index is 569. The molecule has 1 aromatic rings. The third-order valence-electron chi connectivity index (χ3n) is 3.51. The van der Waals surface area contributed by atoms with Gasteiger partial charge in [-0.05, 0) is 37.3 Å². The third kappa shape index (κ3) is 3.30. The highest BCUT2D eigenvalue weighted by atomic mass is 32.2. The number of benzene rings is 1. The first-order valence-electron chi connectivity index (χ1n) is 6.97. The number of hydrogen-bond acceptors (Lipinski definition) is 5. The van der Waals surface area contributed by atoms with Gasteiger partial charge in [0.1, 0.15) is 5.54 Å². The number of nitrogens with one attached hydrogen (secondary N) is 1. The van der Waals surface area contributed by atoms with Crippen molar-refractivity contribution >= 4 is 23.6 Å². The van der Waals surface area contributed by atoms with Gasteiger partial charge in [-0.1, -0.05) is 0 Å². The number of amides is 1. The molecule has 1 atom stereocenters. The molecule has 1 fully saturated rings. The SMILES string of the molecule is CCOc1cc(C(=O)N[C@@]2(C(=O)O)CCSC2)ccc1OC. The van der Waals surface area contributed by atoms with Crippen LogP contribution in [0.1, 0.15) is 23.7 Å².